The minimum Gasteiger partial charge on any atom is -0.467 e. The molecule has 1 heterocycles. The third-order valence-corrected chi connectivity index (χ3v) is 3.83. The van der Waals surface area contributed by atoms with Gasteiger partial charge in [0.2, 0.25) is 5.95 Å². The lowest BCUT2D eigenvalue weighted by Gasteiger charge is -2.21. The van der Waals surface area contributed by atoms with Gasteiger partial charge in [-0.3, -0.25) is 4.57 Å². The molecule has 0 saturated heterocycles. The number of nitrogens with zero attached hydrogens (tertiary/aromatic N) is 2. The molecule has 1 aromatic heterocycles. The first-order chi connectivity index (χ1) is 9.36. The minimum atomic E-state index is -0.567. The molecule has 1 aromatic carbocycles. The van der Waals surface area contributed by atoms with Crippen LogP contribution in [0, 0.1) is 5.92 Å². The molecule has 0 amide bonds. The molecule has 1 unspecified atom stereocenters. The number of benzene rings is 1. The number of anilines is 1. The molecule has 20 heavy (non-hydrogen) atoms. The van der Waals surface area contributed by atoms with Crippen LogP contribution in [0.25, 0.3) is 11.0 Å². The molecule has 5 nitrogen and oxygen atoms in total. The van der Waals surface area contributed by atoms with Crippen LogP contribution in [0.4, 0.5) is 5.95 Å². The van der Waals surface area contributed by atoms with Gasteiger partial charge in [0.05, 0.1) is 28.2 Å². The lowest BCUT2D eigenvalue weighted by atomic mass is 10.0. The first-order valence-electron chi connectivity index (χ1n) is 6.07. The van der Waals surface area contributed by atoms with Crippen molar-refractivity contribution < 1.29 is 9.53 Å². The van der Waals surface area contributed by atoms with Gasteiger partial charge in [0, 0.05) is 0 Å². The Morgan fingerprint density at radius 3 is 2.50 bits per heavy atom. The fourth-order valence-electron chi connectivity index (χ4n) is 2.20. The Morgan fingerprint density at radius 2 is 1.95 bits per heavy atom. The molecule has 2 N–H and O–H groups in total. The van der Waals surface area contributed by atoms with Crippen LogP contribution < -0.4 is 5.73 Å². The van der Waals surface area contributed by atoms with Crippen molar-refractivity contribution >= 4 is 46.2 Å². The van der Waals surface area contributed by atoms with E-state index in [1.165, 1.54) is 7.11 Å². The maximum absolute atomic E-state index is 12.0. The van der Waals surface area contributed by atoms with E-state index in [1.807, 2.05) is 13.8 Å². The van der Waals surface area contributed by atoms with E-state index in [-0.39, 0.29) is 17.8 Å². The fourth-order valence-corrected chi connectivity index (χ4v) is 2.51. The molecule has 0 radical (unpaired) electrons. The number of aromatic nitrogens is 2. The number of methoxy groups -OCH3 is 1. The van der Waals surface area contributed by atoms with Gasteiger partial charge >= 0.3 is 5.97 Å². The monoisotopic (exact) mass is 315 g/mol. The number of nitrogens with two attached hydrogens (primary N) is 1. The average Bonchev–Trinajstić information content (AvgIpc) is 2.66. The maximum Gasteiger partial charge on any atom is 0.329 e. The van der Waals surface area contributed by atoms with E-state index >= 15 is 0 Å². The molecule has 0 aliphatic rings. The lowest BCUT2D eigenvalue weighted by Crippen LogP contribution is -2.26. The second kappa shape index (κ2) is 5.50. The van der Waals surface area contributed by atoms with Crippen molar-refractivity contribution in [3.8, 4) is 0 Å². The van der Waals surface area contributed by atoms with Crippen molar-refractivity contribution in [2.75, 3.05) is 12.8 Å². The molecular weight excluding hydrogens is 301 g/mol. The van der Waals surface area contributed by atoms with E-state index in [4.69, 9.17) is 33.7 Å². The number of hydrogen-bond donors (Lipinski definition) is 1. The normalized spacial score (nSPS) is 12.9. The summed E-state index contributed by atoms with van der Waals surface area (Å²) in [5.41, 5.74) is 7.19. The summed E-state index contributed by atoms with van der Waals surface area (Å²) in [6, 6.07) is 2.71. The standard InChI is InChI=1S/C13H15Cl2N3O2/c1-6(2)11(12(19)20-3)18-10-5-8(15)7(14)4-9(10)17-13(18)16/h4-6,11H,1-3H3,(H2,16,17). The Bertz CT molecular complexity index is 667. The van der Waals surface area contributed by atoms with Crippen molar-refractivity contribution in [3.63, 3.8) is 0 Å². The van der Waals surface area contributed by atoms with Gasteiger partial charge in [0.25, 0.3) is 0 Å². The Kier molecular flexibility index (Phi) is 4.11. The topological polar surface area (TPSA) is 70.1 Å². The van der Waals surface area contributed by atoms with Crippen molar-refractivity contribution in [1.29, 1.82) is 0 Å². The van der Waals surface area contributed by atoms with E-state index in [9.17, 15) is 4.79 Å². The van der Waals surface area contributed by atoms with Crippen LogP contribution in [0.3, 0.4) is 0 Å². The summed E-state index contributed by atoms with van der Waals surface area (Å²) in [5.74, 6) is -0.170. The number of rotatable bonds is 3. The van der Waals surface area contributed by atoms with Crippen LogP contribution in [0.5, 0.6) is 0 Å². The molecule has 0 saturated carbocycles. The highest BCUT2D eigenvalue weighted by Gasteiger charge is 2.29. The summed E-state index contributed by atoms with van der Waals surface area (Å²) in [6.45, 7) is 3.81. The van der Waals surface area contributed by atoms with Crippen LogP contribution in [0.2, 0.25) is 10.0 Å². The van der Waals surface area contributed by atoms with Crippen LogP contribution in [-0.2, 0) is 9.53 Å². The smallest absolute Gasteiger partial charge is 0.329 e. The van der Waals surface area contributed by atoms with Crippen LogP contribution in [-0.4, -0.2) is 22.6 Å². The predicted octanol–water partition coefficient (Wildman–Crippen LogP) is 3.30. The zero-order valence-corrected chi connectivity index (χ0v) is 12.9. The number of esters is 1. The Morgan fingerprint density at radius 1 is 1.35 bits per heavy atom. The second-order valence-corrected chi connectivity index (χ2v) is 5.62. The molecule has 0 aliphatic carbocycles. The minimum absolute atomic E-state index is 0.0170. The number of nitrogen functional groups attached to an aromatic ring is 1. The van der Waals surface area contributed by atoms with Gasteiger partial charge < -0.3 is 10.5 Å². The van der Waals surface area contributed by atoms with Gasteiger partial charge in [-0.15, -0.1) is 0 Å². The number of hydrogen-bond acceptors (Lipinski definition) is 4. The number of imidazole rings is 1. The van der Waals surface area contributed by atoms with E-state index < -0.39 is 6.04 Å². The van der Waals surface area contributed by atoms with Crippen LogP contribution in [0.15, 0.2) is 12.1 Å². The molecule has 2 aromatic rings. The van der Waals surface area contributed by atoms with Crippen LogP contribution >= 0.6 is 23.2 Å². The SMILES string of the molecule is COC(=O)C(C(C)C)n1c(N)nc2cc(Cl)c(Cl)cc21. The van der Waals surface area contributed by atoms with Crippen molar-refractivity contribution in [3.05, 3.63) is 22.2 Å². The summed E-state index contributed by atoms with van der Waals surface area (Å²) in [4.78, 5) is 16.2. The molecule has 0 spiro atoms. The van der Waals surface area contributed by atoms with E-state index in [2.05, 4.69) is 4.98 Å². The predicted molar refractivity (Wildman–Crippen MR) is 80.1 cm³/mol. The molecule has 1 atom stereocenters. The Labute approximate surface area is 126 Å². The highest BCUT2D eigenvalue weighted by atomic mass is 35.5. The van der Waals surface area contributed by atoms with Gasteiger partial charge in [0.1, 0.15) is 6.04 Å². The van der Waals surface area contributed by atoms with Gasteiger partial charge in [-0.2, -0.15) is 0 Å². The summed E-state index contributed by atoms with van der Waals surface area (Å²) >= 11 is 12.0. The van der Waals surface area contributed by atoms with Crippen molar-refractivity contribution in [2.45, 2.75) is 19.9 Å². The summed E-state index contributed by atoms with van der Waals surface area (Å²) < 4.78 is 6.49. The van der Waals surface area contributed by atoms with E-state index in [1.54, 1.807) is 16.7 Å². The highest BCUT2D eigenvalue weighted by molar-refractivity contribution is 6.42. The number of carbonyl (C=O) groups excluding carboxylic acids is 1. The number of ether oxygens (including phenoxy) is 1. The molecule has 7 heteroatoms. The Balaban J connectivity index is 2.71. The molecular formula is C13H15Cl2N3O2. The Hall–Kier alpha value is -1.46. The van der Waals surface area contributed by atoms with Crippen molar-refractivity contribution in [1.82, 2.24) is 9.55 Å². The first kappa shape index (κ1) is 14.9. The third kappa shape index (κ3) is 2.43. The van der Waals surface area contributed by atoms with E-state index in [0.29, 0.717) is 21.1 Å². The molecule has 2 rings (SSSR count). The van der Waals surface area contributed by atoms with Gasteiger partial charge in [0.15, 0.2) is 0 Å². The zero-order valence-electron chi connectivity index (χ0n) is 11.4. The van der Waals surface area contributed by atoms with Gasteiger partial charge in [-0.1, -0.05) is 37.0 Å². The van der Waals surface area contributed by atoms with Gasteiger partial charge in [-0.25, -0.2) is 9.78 Å². The average molecular weight is 316 g/mol. The quantitative estimate of drug-likeness (QED) is 0.882. The van der Waals surface area contributed by atoms with Crippen molar-refractivity contribution in [2.24, 2.45) is 5.92 Å². The molecule has 0 fully saturated rings. The number of fused-ring (bicyclic) bond motifs is 1. The summed E-state index contributed by atoms with van der Waals surface area (Å²) in [5, 5.41) is 0.774. The van der Waals surface area contributed by atoms with Crippen LogP contribution in [0.1, 0.15) is 19.9 Å². The van der Waals surface area contributed by atoms with Gasteiger partial charge in [-0.05, 0) is 18.1 Å². The largest absolute Gasteiger partial charge is 0.467 e. The second-order valence-electron chi connectivity index (χ2n) is 4.81. The van der Waals surface area contributed by atoms with E-state index in [0.717, 1.165) is 0 Å². The highest BCUT2D eigenvalue weighted by Crippen LogP contribution is 2.33. The number of halogens is 2. The summed E-state index contributed by atoms with van der Waals surface area (Å²) in [6.07, 6.45) is 0. The third-order valence-electron chi connectivity index (χ3n) is 3.11. The number of carbonyl (C=O) groups is 1. The molecule has 0 aliphatic heterocycles. The molecule has 0 bridgehead atoms. The first-order valence-corrected chi connectivity index (χ1v) is 6.82. The fraction of sp³-hybridized carbons (Fsp3) is 0.385. The zero-order chi connectivity index (χ0) is 15.0. The lowest BCUT2D eigenvalue weighted by molar-refractivity contribution is -0.145. The molecule has 108 valence electrons. The summed E-state index contributed by atoms with van der Waals surface area (Å²) in [7, 11) is 1.34. The maximum atomic E-state index is 12.0.